The number of halogens is 6. The van der Waals surface area contributed by atoms with E-state index in [1.807, 2.05) is 0 Å². The summed E-state index contributed by atoms with van der Waals surface area (Å²) in [5.74, 6) is -5.25. The summed E-state index contributed by atoms with van der Waals surface area (Å²) in [6.45, 7) is 1.24. The number of carboxylic acid groups (broad SMARTS) is 1. The topological polar surface area (TPSA) is 79.5 Å². The molecule has 3 aromatic carbocycles. The van der Waals surface area contributed by atoms with Crippen molar-refractivity contribution in [2.75, 3.05) is 5.32 Å². The molecule has 0 bridgehead atoms. The van der Waals surface area contributed by atoms with Crippen LogP contribution in [0.4, 0.5) is 27.6 Å². The van der Waals surface area contributed by atoms with E-state index >= 15 is 0 Å². The molecule has 5 nitrogen and oxygen atoms in total. The van der Waals surface area contributed by atoms with Crippen LogP contribution in [0.15, 0.2) is 52.9 Å². The standard InChI is InChI=1S/C24H13ClF5NO4/c1-10-17(4-3-15(20(10)27)23(33)34)31-22(32)21-19(16-9-13(25)2-5-18(16)35-21)11-6-12(24(28,29)30)8-14(26)7-11/h2-9H,1H3,(H,31,32)(H,33,34). The molecule has 1 heterocycles. The molecule has 0 spiro atoms. The fourth-order valence-corrected chi connectivity index (χ4v) is 3.75. The van der Waals surface area contributed by atoms with Crippen LogP contribution in [0.25, 0.3) is 22.1 Å². The molecule has 0 saturated carbocycles. The highest BCUT2D eigenvalue weighted by atomic mass is 35.5. The summed E-state index contributed by atoms with van der Waals surface area (Å²) in [5, 5.41) is 11.7. The van der Waals surface area contributed by atoms with Crippen molar-refractivity contribution in [2.24, 2.45) is 0 Å². The Morgan fingerprint density at radius 1 is 1.03 bits per heavy atom. The Morgan fingerprint density at radius 3 is 2.40 bits per heavy atom. The second-order valence-electron chi connectivity index (χ2n) is 7.53. The van der Waals surface area contributed by atoms with Gasteiger partial charge in [0, 0.05) is 27.2 Å². The number of hydrogen-bond donors (Lipinski definition) is 2. The van der Waals surface area contributed by atoms with Gasteiger partial charge in [0.1, 0.15) is 17.2 Å². The third-order valence-corrected chi connectivity index (χ3v) is 5.47. The molecule has 4 rings (SSSR count). The van der Waals surface area contributed by atoms with E-state index < -0.39 is 46.6 Å². The number of nitrogens with one attached hydrogen (secondary N) is 1. The lowest BCUT2D eigenvalue weighted by Gasteiger charge is -2.12. The summed E-state index contributed by atoms with van der Waals surface area (Å²) in [6, 6.07) is 8.04. The van der Waals surface area contributed by atoms with Gasteiger partial charge in [-0.25, -0.2) is 13.6 Å². The van der Waals surface area contributed by atoms with E-state index in [0.717, 1.165) is 18.2 Å². The smallest absolute Gasteiger partial charge is 0.416 e. The van der Waals surface area contributed by atoms with Crippen LogP contribution < -0.4 is 5.32 Å². The van der Waals surface area contributed by atoms with E-state index in [2.05, 4.69) is 5.32 Å². The summed E-state index contributed by atoms with van der Waals surface area (Å²) in [7, 11) is 0. The van der Waals surface area contributed by atoms with Gasteiger partial charge in [-0.3, -0.25) is 4.79 Å². The lowest BCUT2D eigenvalue weighted by atomic mass is 9.99. The number of furan rings is 1. The number of carbonyl (C=O) groups is 2. The van der Waals surface area contributed by atoms with Crippen molar-refractivity contribution >= 4 is 40.1 Å². The average molecular weight is 510 g/mol. The summed E-state index contributed by atoms with van der Waals surface area (Å²) in [4.78, 5) is 24.2. The number of benzene rings is 3. The van der Waals surface area contributed by atoms with Crippen molar-refractivity contribution < 1.29 is 41.1 Å². The van der Waals surface area contributed by atoms with E-state index in [-0.39, 0.29) is 38.4 Å². The molecule has 35 heavy (non-hydrogen) atoms. The van der Waals surface area contributed by atoms with Crippen LogP contribution in [-0.2, 0) is 6.18 Å². The number of carboxylic acids is 1. The molecule has 0 atom stereocenters. The van der Waals surface area contributed by atoms with Gasteiger partial charge in [-0.1, -0.05) is 11.6 Å². The normalized spacial score (nSPS) is 11.6. The summed E-state index contributed by atoms with van der Waals surface area (Å²) in [6.07, 6.45) is -4.86. The Morgan fingerprint density at radius 2 is 1.74 bits per heavy atom. The Bertz CT molecular complexity index is 1510. The fourth-order valence-electron chi connectivity index (χ4n) is 3.58. The van der Waals surface area contributed by atoms with Crippen molar-refractivity contribution in [2.45, 2.75) is 13.1 Å². The van der Waals surface area contributed by atoms with Crippen LogP contribution in [0.1, 0.15) is 32.0 Å². The number of aromatic carboxylic acids is 1. The highest BCUT2D eigenvalue weighted by Crippen LogP contribution is 2.40. The van der Waals surface area contributed by atoms with E-state index in [1.165, 1.54) is 25.1 Å². The Balaban J connectivity index is 1.88. The first-order valence-corrected chi connectivity index (χ1v) is 10.2. The predicted octanol–water partition coefficient (Wildman–Crippen LogP) is 7.31. The molecule has 1 aromatic heterocycles. The van der Waals surface area contributed by atoms with Crippen LogP contribution >= 0.6 is 11.6 Å². The minimum Gasteiger partial charge on any atom is -0.478 e. The van der Waals surface area contributed by atoms with Gasteiger partial charge >= 0.3 is 12.1 Å². The maximum Gasteiger partial charge on any atom is 0.416 e. The molecule has 0 saturated heterocycles. The molecule has 0 fully saturated rings. The molecule has 1 amide bonds. The van der Waals surface area contributed by atoms with Gasteiger partial charge in [0.25, 0.3) is 5.91 Å². The Hall–Kier alpha value is -3.92. The molecule has 11 heteroatoms. The highest BCUT2D eigenvalue weighted by molar-refractivity contribution is 6.31. The monoisotopic (exact) mass is 509 g/mol. The number of amides is 1. The molecule has 0 aliphatic carbocycles. The zero-order valence-electron chi connectivity index (χ0n) is 17.6. The van der Waals surface area contributed by atoms with Crippen LogP contribution in [0, 0.1) is 18.6 Å². The number of carbonyl (C=O) groups excluding carboxylic acids is 1. The zero-order chi connectivity index (χ0) is 25.7. The van der Waals surface area contributed by atoms with Crippen LogP contribution in [0.2, 0.25) is 5.02 Å². The summed E-state index contributed by atoms with van der Waals surface area (Å²) < 4.78 is 74.1. The number of alkyl halides is 3. The Kier molecular flexibility index (Phi) is 6.02. The lowest BCUT2D eigenvalue weighted by Crippen LogP contribution is -2.14. The molecule has 180 valence electrons. The second kappa shape index (κ2) is 8.70. The molecule has 0 radical (unpaired) electrons. The first-order valence-electron chi connectivity index (χ1n) is 9.80. The summed E-state index contributed by atoms with van der Waals surface area (Å²) >= 11 is 6.02. The third kappa shape index (κ3) is 4.57. The number of rotatable bonds is 4. The maximum atomic E-state index is 14.4. The predicted molar refractivity (Wildman–Crippen MR) is 118 cm³/mol. The van der Waals surface area contributed by atoms with Crippen molar-refractivity contribution in [3.63, 3.8) is 0 Å². The molecule has 4 aromatic rings. The van der Waals surface area contributed by atoms with E-state index in [1.54, 1.807) is 0 Å². The lowest BCUT2D eigenvalue weighted by molar-refractivity contribution is -0.137. The quantitative estimate of drug-likeness (QED) is 0.283. The first kappa shape index (κ1) is 24.2. The molecular formula is C24H13ClF5NO4. The number of hydrogen-bond acceptors (Lipinski definition) is 3. The molecule has 0 aliphatic rings. The number of fused-ring (bicyclic) bond motifs is 1. The Labute approximate surface area is 198 Å². The minimum absolute atomic E-state index is 0.0801. The van der Waals surface area contributed by atoms with Crippen molar-refractivity contribution in [3.05, 3.63) is 87.6 Å². The van der Waals surface area contributed by atoms with Crippen LogP contribution in [0.5, 0.6) is 0 Å². The maximum absolute atomic E-state index is 14.4. The van der Waals surface area contributed by atoms with Crippen LogP contribution in [-0.4, -0.2) is 17.0 Å². The highest BCUT2D eigenvalue weighted by Gasteiger charge is 2.33. The first-order chi connectivity index (χ1) is 16.4. The SMILES string of the molecule is Cc1c(NC(=O)c2oc3ccc(Cl)cc3c2-c2cc(F)cc(C(F)(F)F)c2)ccc(C(=O)O)c1F. The van der Waals surface area contributed by atoms with Gasteiger partial charge in [0.2, 0.25) is 5.76 Å². The van der Waals surface area contributed by atoms with Gasteiger partial charge < -0.3 is 14.8 Å². The largest absolute Gasteiger partial charge is 0.478 e. The second-order valence-corrected chi connectivity index (χ2v) is 7.97. The minimum atomic E-state index is -4.86. The van der Waals surface area contributed by atoms with Crippen molar-refractivity contribution in [1.82, 2.24) is 0 Å². The molecule has 0 unspecified atom stereocenters. The van der Waals surface area contributed by atoms with Crippen LogP contribution in [0.3, 0.4) is 0 Å². The number of anilines is 1. The fraction of sp³-hybridized carbons (Fsp3) is 0.0833. The van der Waals surface area contributed by atoms with Crippen molar-refractivity contribution in [1.29, 1.82) is 0 Å². The van der Waals surface area contributed by atoms with Gasteiger partial charge in [-0.15, -0.1) is 0 Å². The molecule has 2 N–H and O–H groups in total. The van der Waals surface area contributed by atoms with E-state index in [9.17, 15) is 31.5 Å². The average Bonchev–Trinajstić information content (AvgIpc) is 3.14. The third-order valence-electron chi connectivity index (χ3n) is 5.24. The summed E-state index contributed by atoms with van der Waals surface area (Å²) in [5.41, 5.74) is -2.56. The van der Waals surface area contributed by atoms with Gasteiger partial charge in [0.15, 0.2) is 0 Å². The van der Waals surface area contributed by atoms with Crippen molar-refractivity contribution in [3.8, 4) is 11.1 Å². The van der Waals surface area contributed by atoms with Gasteiger partial charge in [0.05, 0.1) is 11.1 Å². The van der Waals surface area contributed by atoms with E-state index in [0.29, 0.717) is 12.1 Å². The van der Waals surface area contributed by atoms with Gasteiger partial charge in [-0.05, 0) is 61.0 Å². The zero-order valence-corrected chi connectivity index (χ0v) is 18.3. The van der Waals surface area contributed by atoms with E-state index in [4.69, 9.17) is 21.1 Å². The molecular weight excluding hydrogens is 497 g/mol. The molecule has 0 aliphatic heterocycles. The van der Waals surface area contributed by atoms with Gasteiger partial charge in [-0.2, -0.15) is 13.2 Å².